The highest BCUT2D eigenvalue weighted by atomic mass is 19.1. The number of nitrogens with zero attached hydrogens (tertiary/aromatic N) is 2. The Kier molecular flexibility index (Phi) is 5.78. The molecule has 0 saturated heterocycles. The third-order valence-corrected chi connectivity index (χ3v) is 5.48. The molecule has 1 unspecified atom stereocenters. The van der Waals surface area contributed by atoms with Gasteiger partial charge in [-0.15, -0.1) is 0 Å². The van der Waals surface area contributed by atoms with Crippen molar-refractivity contribution in [2.24, 2.45) is 0 Å². The molecule has 1 aliphatic heterocycles. The first-order chi connectivity index (χ1) is 16.6. The minimum atomic E-state index is -0.897. The summed E-state index contributed by atoms with van der Waals surface area (Å²) in [5, 5.41) is 6.77. The molecule has 0 bridgehead atoms. The summed E-state index contributed by atoms with van der Waals surface area (Å²) in [6.07, 6.45) is -0.897. The molecule has 1 aliphatic rings. The molecule has 170 valence electrons. The Hall–Kier alpha value is -4.46. The van der Waals surface area contributed by atoms with Gasteiger partial charge in [0.15, 0.2) is 17.6 Å². The van der Waals surface area contributed by atoms with Gasteiger partial charge in [-0.25, -0.2) is 4.39 Å². The Morgan fingerprint density at radius 2 is 1.74 bits per heavy atom. The van der Waals surface area contributed by atoms with Crippen molar-refractivity contribution >= 4 is 17.5 Å². The van der Waals surface area contributed by atoms with E-state index in [9.17, 15) is 14.0 Å². The molecule has 5 rings (SSSR count). The van der Waals surface area contributed by atoms with E-state index in [0.717, 1.165) is 5.56 Å². The molecule has 2 heterocycles. The van der Waals surface area contributed by atoms with Crippen LogP contribution in [0, 0.1) is 5.82 Å². The number of benzene rings is 3. The summed E-state index contributed by atoms with van der Waals surface area (Å²) in [6, 6.07) is 23.7. The molecule has 0 aliphatic carbocycles. The number of hydrogen-bond donors (Lipinski definition) is 1. The average Bonchev–Trinajstić information content (AvgIpc) is 3.37. The van der Waals surface area contributed by atoms with Crippen LogP contribution in [-0.2, 0) is 11.3 Å². The third-order valence-electron chi connectivity index (χ3n) is 5.48. The molecule has 0 spiro atoms. The molecule has 0 saturated carbocycles. The number of ether oxygens (including phenoxy) is 1. The average molecular weight is 457 g/mol. The smallest absolute Gasteiger partial charge is 0.280 e. The van der Waals surface area contributed by atoms with Crippen LogP contribution in [0.15, 0.2) is 89.5 Å². The molecule has 2 amide bonds. The van der Waals surface area contributed by atoms with E-state index in [4.69, 9.17) is 9.26 Å². The largest absolute Gasteiger partial charge is 0.477 e. The highest BCUT2D eigenvalue weighted by molar-refractivity contribution is 6.07. The molecule has 1 aromatic heterocycles. The van der Waals surface area contributed by atoms with Crippen LogP contribution in [-0.4, -0.2) is 29.6 Å². The van der Waals surface area contributed by atoms with Gasteiger partial charge in [-0.05, 0) is 42.0 Å². The van der Waals surface area contributed by atoms with Gasteiger partial charge in [0.25, 0.3) is 11.8 Å². The summed E-state index contributed by atoms with van der Waals surface area (Å²) in [7, 11) is 0. The van der Waals surface area contributed by atoms with Gasteiger partial charge in [0.05, 0.1) is 12.2 Å². The molecular weight excluding hydrogens is 437 g/mol. The molecular formula is C26H20FN3O4. The second-order valence-electron chi connectivity index (χ2n) is 7.78. The van der Waals surface area contributed by atoms with Crippen molar-refractivity contribution in [2.75, 3.05) is 11.4 Å². The fraction of sp³-hybridized carbons (Fsp3) is 0.115. The summed E-state index contributed by atoms with van der Waals surface area (Å²) in [5.41, 5.74) is 2.15. The predicted molar refractivity (Wildman–Crippen MR) is 123 cm³/mol. The van der Waals surface area contributed by atoms with Gasteiger partial charge in [-0.2, -0.15) is 0 Å². The predicted octanol–water partition coefficient (Wildman–Crippen LogP) is 4.20. The first-order valence-corrected chi connectivity index (χ1v) is 10.7. The SMILES string of the molecule is O=C(NCc1ccccc1)C1CN(C(=O)c2cc(-c3ccc(F)cc3)on2)c2ccccc2O1. The number of anilines is 1. The quantitative estimate of drug-likeness (QED) is 0.486. The van der Waals surface area contributed by atoms with E-state index < -0.39 is 12.0 Å². The fourth-order valence-corrected chi connectivity index (χ4v) is 3.73. The van der Waals surface area contributed by atoms with Crippen LogP contribution in [0.5, 0.6) is 5.75 Å². The normalized spacial score (nSPS) is 14.7. The molecule has 0 fully saturated rings. The number of nitrogens with one attached hydrogen (secondary N) is 1. The van der Waals surface area contributed by atoms with Crippen molar-refractivity contribution in [2.45, 2.75) is 12.6 Å². The van der Waals surface area contributed by atoms with E-state index in [1.807, 2.05) is 30.3 Å². The highest BCUT2D eigenvalue weighted by Gasteiger charge is 2.35. The maximum Gasteiger partial charge on any atom is 0.280 e. The van der Waals surface area contributed by atoms with Crippen molar-refractivity contribution in [3.8, 4) is 17.1 Å². The number of para-hydroxylation sites is 2. The molecule has 8 heteroatoms. The van der Waals surface area contributed by atoms with E-state index in [1.165, 1.54) is 23.1 Å². The Morgan fingerprint density at radius 3 is 2.53 bits per heavy atom. The van der Waals surface area contributed by atoms with Gasteiger partial charge < -0.3 is 14.6 Å². The van der Waals surface area contributed by atoms with E-state index in [2.05, 4.69) is 10.5 Å². The van der Waals surface area contributed by atoms with Gasteiger partial charge in [0.2, 0.25) is 0 Å². The minimum absolute atomic E-state index is 0.00914. The van der Waals surface area contributed by atoms with E-state index >= 15 is 0 Å². The summed E-state index contributed by atoms with van der Waals surface area (Å²) in [4.78, 5) is 27.7. The number of hydrogen-bond acceptors (Lipinski definition) is 5. The van der Waals surface area contributed by atoms with Crippen LogP contribution in [0.25, 0.3) is 11.3 Å². The van der Waals surface area contributed by atoms with Crippen LogP contribution in [0.4, 0.5) is 10.1 Å². The lowest BCUT2D eigenvalue weighted by atomic mass is 10.1. The molecule has 7 nitrogen and oxygen atoms in total. The first kappa shape index (κ1) is 21.4. The Balaban J connectivity index is 1.36. The van der Waals surface area contributed by atoms with Crippen molar-refractivity contribution < 1.29 is 23.2 Å². The topological polar surface area (TPSA) is 84.7 Å². The number of rotatable bonds is 5. The number of fused-ring (bicyclic) bond motifs is 1. The minimum Gasteiger partial charge on any atom is -0.477 e. The van der Waals surface area contributed by atoms with Gasteiger partial charge in [-0.3, -0.25) is 14.5 Å². The summed E-state index contributed by atoms with van der Waals surface area (Å²) in [5.74, 6) is -0.385. The van der Waals surface area contributed by atoms with Crippen molar-refractivity contribution in [3.63, 3.8) is 0 Å². The number of halogens is 1. The van der Waals surface area contributed by atoms with Crippen molar-refractivity contribution in [1.82, 2.24) is 10.5 Å². The third kappa shape index (κ3) is 4.38. The fourth-order valence-electron chi connectivity index (χ4n) is 3.73. The van der Waals surface area contributed by atoms with E-state index in [-0.39, 0.29) is 24.0 Å². The zero-order chi connectivity index (χ0) is 23.5. The second-order valence-corrected chi connectivity index (χ2v) is 7.78. The number of amides is 2. The molecule has 1 N–H and O–H groups in total. The van der Waals surface area contributed by atoms with Gasteiger partial charge in [0, 0.05) is 18.2 Å². The molecule has 4 aromatic rings. The summed E-state index contributed by atoms with van der Waals surface area (Å²) in [6.45, 7) is 0.356. The standard InChI is InChI=1S/C26H20FN3O4/c27-19-12-10-18(11-13-19)23-14-20(29-34-23)26(32)30-16-24(33-22-9-5-4-8-21(22)30)25(31)28-15-17-6-2-1-3-7-17/h1-14,24H,15-16H2,(H,28,31). The number of aromatic nitrogens is 1. The van der Waals surface area contributed by atoms with Crippen LogP contribution in [0.3, 0.4) is 0 Å². The maximum atomic E-state index is 13.4. The van der Waals surface area contributed by atoms with Gasteiger partial charge >= 0.3 is 0 Å². The van der Waals surface area contributed by atoms with Crippen molar-refractivity contribution in [1.29, 1.82) is 0 Å². The second kappa shape index (κ2) is 9.19. The van der Waals surface area contributed by atoms with Crippen LogP contribution in [0.1, 0.15) is 16.1 Å². The van der Waals surface area contributed by atoms with Crippen molar-refractivity contribution in [3.05, 3.63) is 102 Å². The maximum absolute atomic E-state index is 13.4. The van der Waals surface area contributed by atoms with E-state index in [1.54, 1.807) is 36.4 Å². The Bertz CT molecular complexity index is 1320. The summed E-state index contributed by atoms with van der Waals surface area (Å²) < 4.78 is 24.4. The molecule has 0 radical (unpaired) electrons. The summed E-state index contributed by atoms with van der Waals surface area (Å²) >= 11 is 0. The zero-order valence-corrected chi connectivity index (χ0v) is 18.0. The lowest BCUT2D eigenvalue weighted by molar-refractivity contribution is -0.127. The first-order valence-electron chi connectivity index (χ1n) is 10.7. The van der Waals surface area contributed by atoms with Crippen LogP contribution < -0.4 is 15.0 Å². The van der Waals surface area contributed by atoms with Crippen LogP contribution >= 0.6 is 0 Å². The molecule has 34 heavy (non-hydrogen) atoms. The lowest BCUT2D eigenvalue weighted by Gasteiger charge is -2.33. The monoisotopic (exact) mass is 457 g/mol. The number of carbonyl (C=O) groups excluding carboxylic acids is 2. The highest BCUT2D eigenvalue weighted by Crippen LogP contribution is 2.34. The zero-order valence-electron chi connectivity index (χ0n) is 18.0. The lowest BCUT2D eigenvalue weighted by Crippen LogP contribution is -2.50. The number of carbonyl (C=O) groups is 2. The molecule has 1 atom stereocenters. The van der Waals surface area contributed by atoms with Gasteiger partial charge in [0.1, 0.15) is 11.6 Å². The van der Waals surface area contributed by atoms with E-state index in [0.29, 0.717) is 29.3 Å². The van der Waals surface area contributed by atoms with Gasteiger partial charge in [-0.1, -0.05) is 47.6 Å². The van der Waals surface area contributed by atoms with Crippen LogP contribution in [0.2, 0.25) is 0 Å². The molecule has 3 aromatic carbocycles. The Labute approximate surface area is 194 Å². The Morgan fingerprint density at radius 1 is 1.00 bits per heavy atom.